The molecule has 0 bridgehead atoms. The Hall–Kier alpha value is -1.38. The van der Waals surface area contributed by atoms with E-state index in [2.05, 4.69) is 34.6 Å². The van der Waals surface area contributed by atoms with Crippen LogP contribution in [0.4, 0.5) is 0 Å². The second-order valence-corrected chi connectivity index (χ2v) is 4.38. The number of hydrogen-bond donors (Lipinski definition) is 1. The van der Waals surface area contributed by atoms with E-state index in [1.807, 2.05) is 31.6 Å². The highest BCUT2D eigenvalue weighted by Gasteiger charge is 2.12. The fraction of sp³-hybridized carbons (Fsp3) is 0.214. The normalized spacial score (nSPS) is 12.4. The van der Waals surface area contributed by atoms with Gasteiger partial charge in [-0.2, -0.15) is 0 Å². The van der Waals surface area contributed by atoms with E-state index in [0.717, 1.165) is 11.6 Å². The summed E-state index contributed by atoms with van der Waals surface area (Å²) in [6, 6.07) is 12.1. The van der Waals surface area contributed by atoms with Crippen molar-refractivity contribution in [2.75, 3.05) is 13.6 Å². The van der Waals surface area contributed by atoms with Gasteiger partial charge in [-0.05, 0) is 42.4 Å². The Morgan fingerprint density at radius 1 is 1.06 bits per heavy atom. The van der Waals surface area contributed by atoms with Crippen molar-refractivity contribution in [1.82, 2.24) is 10.3 Å². The average molecular weight is 247 g/mol. The first kappa shape index (κ1) is 12.1. The van der Waals surface area contributed by atoms with E-state index in [9.17, 15) is 0 Å². The molecule has 0 saturated carbocycles. The van der Waals surface area contributed by atoms with Gasteiger partial charge in [0, 0.05) is 29.9 Å². The zero-order valence-electron chi connectivity index (χ0n) is 9.73. The number of benzene rings is 1. The van der Waals surface area contributed by atoms with Gasteiger partial charge in [0.25, 0.3) is 0 Å². The monoisotopic (exact) mass is 246 g/mol. The summed E-state index contributed by atoms with van der Waals surface area (Å²) in [6.07, 6.45) is 3.65. The summed E-state index contributed by atoms with van der Waals surface area (Å²) < 4.78 is 0. The summed E-state index contributed by atoms with van der Waals surface area (Å²) >= 11 is 5.91. The quantitative estimate of drug-likeness (QED) is 0.897. The average Bonchev–Trinajstić information content (AvgIpc) is 2.38. The van der Waals surface area contributed by atoms with Crippen LogP contribution in [0.1, 0.15) is 17.0 Å². The van der Waals surface area contributed by atoms with Crippen LogP contribution in [0.15, 0.2) is 48.8 Å². The molecule has 0 aliphatic heterocycles. The summed E-state index contributed by atoms with van der Waals surface area (Å²) in [5.74, 6) is 0.334. The first-order chi connectivity index (χ1) is 8.31. The number of hydrogen-bond acceptors (Lipinski definition) is 2. The third-order valence-electron chi connectivity index (χ3n) is 2.79. The predicted molar refractivity (Wildman–Crippen MR) is 71.5 cm³/mol. The molecule has 1 aromatic carbocycles. The van der Waals surface area contributed by atoms with Crippen molar-refractivity contribution >= 4 is 11.6 Å². The number of nitrogens with one attached hydrogen (secondary N) is 1. The molecule has 17 heavy (non-hydrogen) atoms. The Bertz CT molecular complexity index is 453. The minimum absolute atomic E-state index is 0.334. The fourth-order valence-corrected chi connectivity index (χ4v) is 2.05. The SMILES string of the molecule is CNCC(c1ccncc1)c1ccc(Cl)cc1. The van der Waals surface area contributed by atoms with Crippen molar-refractivity contribution in [1.29, 1.82) is 0 Å². The standard InChI is InChI=1S/C14H15ClN2/c1-16-10-14(12-6-8-17-9-7-12)11-2-4-13(15)5-3-11/h2-9,14,16H,10H2,1H3. The molecule has 3 heteroatoms. The molecule has 2 nitrogen and oxygen atoms in total. The van der Waals surface area contributed by atoms with Crippen LogP contribution in [0.3, 0.4) is 0 Å². The smallest absolute Gasteiger partial charge is 0.0406 e. The molecule has 2 rings (SSSR count). The van der Waals surface area contributed by atoms with Crippen LogP contribution in [0.25, 0.3) is 0 Å². The Labute approximate surface area is 107 Å². The van der Waals surface area contributed by atoms with Gasteiger partial charge in [0.1, 0.15) is 0 Å². The summed E-state index contributed by atoms with van der Waals surface area (Å²) in [7, 11) is 1.96. The van der Waals surface area contributed by atoms with Crippen molar-refractivity contribution in [3.63, 3.8) is 0 Å². The van der Waals surface area contributed by atoms with E-state index in [-0.39, 0.29) is 0 Å². The van der Waals surface area contributed by atoms with Gasteiger partial charge >= 0.3 is 0 Å². The maximum Gasteiger partial charge on any atom is 0.0406 e. The number of likely N-dealkylation sites (N-methyl/N-ethyl adjacent to an activating group) is 1. The Balaban J connectivity index is 2.32. The maximum absolute atomic E-state index is 5.91. The first-order valence-electron chi connectivity index (χ1n) is 5.61. The molecule has 1 N–H and O–H groups in total. The second-order valence-electron chi connectivity index (χ2n) is 3.94. The second kappa shape index (κ2) is 5.80. The molecule has 1 atom stereocenters. The molecule has 0 fully saturated rings. The molecule has 88 valence electrons. The van der Waals surface area contributed by atoms with Gasteiger partial charge in [-0.15, -0.1) is 0 Å². The van der Waals surface area contributed by atoms with Gasteiger partial charge in [0.2, 0.25) is 0 Å². The Morgan fingerprint density at radius 3 is 2.24 bits per heavy atom. The molecule has 2 aromatic rings. The summed E-state index contributed by atoms with van der Waals surface area (Å²) in [4.78, 5) is 4.05. The van der Waals surface area contributed by atoms with E-state index in [1.54, 1.807) is 0 Å². The lowest BCUT2D eigenvalue weighted by molar-refractivity contribution is 0.707. The number of rotatable bonds is 4. The van der Waals surface area contributed by atoms with Gasteiger partial charge < -0.3 is 5.32 Å². The van der Waals surface area contributed by atoms with Crippen LogP contribution < -0.4 is 5.32 Å². The van der Waals surface area contributed by atoms with E-state index in [0.29, 0.717) is 5.92 Å². The lowest BCUT2D eigenvalue weighted by Gasteiger charge is -2.17. The highest BCUT2D eigenvalue weighted by molar-refractivity contribution is 6.30. The van der Waals surface area contributed by atoms with Gasteiger partial charge in [-0.25, -0.2) is 0 Å². The highest BCUT2D eigenvalue weighted by atomic mass is 35.5. The molecule has 0 aliphatic carbocycles. The Morgan fingerprint density at radius 2 is 1.65 bits per heavy atom. The summed E-state index contributed by atoms with van der Waals surface area (Å²) in [5, 5.41) is 4.00. The van der Waals surface area contributed by atoms with Gasteiger partial charge in [0.15, 0.2) is 0 Å². The third-order valence-corrected chi connectivity index (χ3v) is 3.04. The Kier molecular flexibility index (Phi) is 4.13. The van der Waals surface area contributed by atoms with Crippen LogP contribution in [0.2, 0.25) is 5.02 Å². The molecule has 0 spiro atoms. The third kappa shape index (κ3) is 3.05. The fourth-order valence-electron chi connectivity index (χ4n) is 1.92. The van der Waals surface area contributed by atoms with E-state index in [4.69, 9.17) is 11.6 Å². The molecule has 1 heterocycles. The van der Waals surface area contributed by atoms with Crippen LogP contribution in [0.5, 0.6) is 0 Å². The van der Waals surface area contributed by atoms with Crippen molar-refractivity contribution in [3.8, 4) is 0 Å². The summed E-state index contributed by atoms with van der Waals surface area (Å²) in [5.41, 5.74) is 2.52. The van der Waals surface area contributed by atoms with Crippen LogP contribution in [-0.4, -0.2) is 18.6 Å². The summed E-state index contributed by atoms with van der Waals surface area (Å²) in [6.45, 7) is 0.894. The van der Waals surface area contributed by atoms with E-state index in [1.165, 1.54) is 11.1 Å². The molecule has 1 unspecified atom stereocenters. The van der Waals surface area contributed by atoms with Gasteiger partial charge in [-0.3, -0.25) is 4.98 Å². The zero-order valence-corrected chi connectivity index (χ0v) is 10.5. The van der Waals surface area contributed by atoms with Crippen LogP contribution >= 0.6 is 11.6 Å². The minimum Gasteiger partial charge on any atom is -0.319 e. The predicted octanol–water partition coefficient (Wildman–Crippen LogP) is 3.09. The van der Waals surface area contributed by atoms with Gasteiger partial charge in [0.05, 0.1) is 0 Å². The molecule has 0 radical (unpaired) electrons. The van der Waals surface area contributed by atoms with Crippen molar-refractivity contribution in [2.45, 2.75) is 5.92 Å². The van der Waals surface area contributed by atoms with Crippen molar-refractivity contribution in [3.05, 3.63) is 64.9 Å². The number of pyridine rings is 1. The molecular formula is C14H15ClN2. The minimum atomic E-state index is 0.334. The number of halogens is 1. The number of aromatic nitrogens is 1. The largest absolute Gasteiger partial charge is 0.319 e. The number of nitrogens with zero attached hydrogens (tertiary/aromatic N) is 1. The molecule has 1 aromatic heterocycles. The maximum atomic E-state index is 5.91. The van der Waals surface area contributed by atoms with Gasteiger partial charge in [-0.1, -0.05) is 23.7 Å². The first-order valence-corrected chi connectivity index (χ1v) is 5.99. The zero-order chi connectivity index (χ0) is 12.1. The molecular weight excluding hydrogens is 232 g/mol. The topological polar surface area (TPSA) is 24.9 Å². The molecule has 0 aliphatic rings. The molecule has 0 amide bonds. The molecule has 0 saturated heterocycles. The van der Waals surface area contributed by atoms with E-state index < -0.39 is 0 Å². The lowest BCUT2D eigenvalue weighted by atomic mass is 9.92. The lowest BCUT2D eigenvalue weighted by Crippen LogP contribution is -2.18. The highest BCUT2D eigenvalue weighted by Crippen LogP contribution is 2.24. The van der Waals surface area contributed by atoms with E-state index >= 15 is 0 Å². The van der Waals surface area contributed by atoms with Crippen LogP contribution in [0, 0.1) is 0 Å². The van der Waals surface area contributed by atoms with Crippen molar-refractivity contribution in [2.24, 2.45) is 0 Å². The van der Waals surface area contributed by atoms with Crippen LogP contribution in [-0.2, 0) is 0 Å². The van der Waals surface area contributed by atoms with Crippen molar-refractivity contribution < 1.29 is 0 Å².